The molecule has 2 N–H and O–H groups in total. The van der Waals surface area contributed by atoms with E-state index in [1.165, 1.54) is 0 Å². The van der Waals surface area contributed by atoms with Gasteiger partial charge in [0.1, 0.15) is 0 Å². The number of imide groups is 1. The van der Waals surface area contributed by atoms with Crippen molar-refractivity contribution in [1.29, 1.82) is 0 Å². The van der Waals surface area contributed by atoms with Crippen molar-refractivity contribution in [2.45, 2.75) is 13.8 Å². The van der Waals surface area contributed by atoms with Crippen molar-refractivity contribution in [1.82, 2.24) is 5.32 Å². The summed E-state index contributed by atoms with van der Waals surface area (Å²) in [5.74, 6) is -1.54. The largest absolute Gasteiger partial charge is 0.481 e. The first-order valence-electron chi connectivity index (χ1n) is 4.74. The van der Waals surface area contributed by atoms with Crippen molar-refractivity contribution in [2.24, 2.45) is 5.92 Å². The number of carboxylic acids is 1. The van der Waals surface area contributed by atoms with Crippen LogP contribution in [0.2, 0.25) is 0 Å². The fraction of sp³-hybridized carbons (Fsp3) is 0.667. The molecule has 0 spiro atoms. The molecule has 0 aliphatic carbocycles. The van der Waals surface area contributed by atoms with Crippen LogP contribution in [0.1, 0.15) is 13.8 Å². The SMILES string of the molecule is CCOC(=O)NC(=O)CSCC(C)C(=O)O. The highest BCUT2D eigenvalue weighted by atomic mass is 32.2. The number of alkyl carbamates (subject to hydrolysis) is 1. The Labute approximate surface area is 97.7 Å². The third kappa shape index (κ3) is 7.10. The van der Waals surface area contributed by atoms with E-state index in [1.807, 2.05) is 5.32 Å². The maximum absolute atomic E-state index is 11.1. The summed E-state index contributed by atoms with van der Waals surface area (Å²) in [5.41, 5.74) is 0. The molecule has 0 aliphatic rings. The molecule has 0 heterocycles. The van der Waals surface area contributed by atoms with E-state index >= 15 is 0 Å². The van der Waals surface area contributed by atoms with E-state index in [0.717, 1.165) is 11.8 Å². The summed E-state index contributed by atoms with van der Waals surface area (Å²) < 4.78 is 4.50. The Bertz CT molecular complexity index is 269. The van der Waals surface area contributed by atoms with Gasteiger partial charge < -0.3 is 9.84 Å². The first-order valence-corrected chi connectivity index (χ1v) is 5.90. The van der Waals surface area contributed by atoms with Crippen molar-refractivity contribution in [3.05, 3.63) is 0 Å². The van der Waals surface area contributed by atoms with Gasteiger partial charge in [-0.2, -0.15) is 11.8 Å². The number of thioether (sulfide) groups is 1. The van der Waals surface area contributed by atoms with Crippen LogP contribution >= 0.6 is 11.8 Å². The van der Waals surface area contributed by atoms with Crippen LogP contribution in [0, 0.1) is 5.92 Å². The zero-order valence-electron chi connectivity index (χ0n) is 9.19. The van der Waals surface area contributed by atoms with Gasteiger partial charge in [-0.05, 0) is 6.92 Å². The van der Waals surface area contributed by atoms with Gasteiger partial charge in [-0.15, -0.1) is 0 Å². The molecule has 0 aromatic carbocycles. The summed E-state index contributed by atoms with van der Waals surface area (Å²) >= 11 is 1.16. The molecule has 6 nitrogen and oxygen atoms in total. The molecule has 0 radical (unpaired) electrons. The van der Waals surface area contributed by atoms with Crippen LogP contribution in [0.3, 0.4) is 0 Å². The molecule has 0 aliphatic heterocycles. The van der Waals surface area contributed by atoms with E-state index in [-0.39, 0.29) is 12.4 Å². The maximum Gasteiger partial charge on any atom is 0.413 e. The Morgan fingerprint density at radius 3 is 2.56 bits per heavy atom. The van der Waals surface area contributed by atoms with Gasteiger partial charge in [-0.1, -0.05) is 6.92 Å². The summed E-state index contributed by atoms with van der Waals surface area (Å²) in [6.45, 7) is 3.38. The van der Waals surface area contributed by atoms with Gasteiger partial charge in [0.05, 0.1) is 18.3 Å². The maximum atomic E-state index is 11.1. The van der Waals surface area contributed by atoms with Crippen molar-refractivity contribution in [3.8, 4) is 0 Å². The van der Waals surface area contributed by atoms with Gasteiger partial charge in [0.25, 0.3) is 0 Å². The zero-order valence-corrected chi connectivity index (χ0v) is 10.0. The van der Waals surface area contributed by atoms with Gasteiger partial charge in [0.2, 0.25) is 5.91 Å². The van der Waals surface area contributed by atoms with Crippen LogP contribution in [0.4, 0.5) is 4.79 Å². The Morgan fingerprint density at radius 1 is 1.44 bits per heavy atom. The first-order chi connectivity index (χ1) is 7.47. The molecule has 0 rings (SSSR count). The molecule has 0 fully saturated rings. The van der Waals surface area contributed by atoms with E-state index in [2.05, 4.69) is 4.74 Å². The first kappa shape index (κ1) is 14.8. The molecule has 0 saturated carbocycles. The van der Waals surface area contributed by atoms with Gasteiger partial charge in [-0.3, -0.25) is 14.9 Å². The lowest BCUT2D eigenvalue weighted by Gasteiger charge is -2.06. The Morgan fingerprint density at radius 2 is 2.06 bits per heavy atom. The lowest BCUT2D eigenvalue weighted by Crippen LogP contribution is -2.32. The lowest BCUT2D eigenvalue weighted by molar-refractivity contribution is -0.140. The number of rotatable bonds is 6. The number of carboxylic acid groups (broad SMARTS) is 1. The number of aliphatic carboxylic acids is 1. The molecule has 0 saturated heterocycles. The van der Waals surface area contributed by atoms with Crippen molar-refractivity contribution in [2.75, 3.05) is 18.1 Å². The molecule has 0 aromatic heterocycles. The fourth-order valence-electron chi connectivity index (χ4n) is 0.717. The van der Waals surface area contributed by atoms with Gasteiger partial charge in [0, 0.05) is 5.75 Å². The van der Waals surface area contributed by atoms with Crippen LogP contribution in [0.15, 0.2) is 0 Å². The molecule has 7 heteroatoms. The van der Waals surface area contributed by atoms with E-state index in [9.17, 15) is 14.4 Å². The number of ether oxygens (including phenoxy) is 1. The summed E-state index contributed by atoms with van der Waals surface area (Å²) in [4.78, 5) is 32.4. The predicted molar refractivity (Wildman–Crippen MR) is 59.3 cm³/mol. The number of hydrogen-bond acceptors (Lipinski definition) is 5. The third-order valence-electron chi connectivity index (χ3n) is 1.54. The highest BCUT2D eigenvalue weighted by Crippen LogP contribution is 2.07. The summed E-state index contributed by atoms with van der Waals surface area (Å²) in [5, 5.41) is 10.6. The monoisotopic (exact) mass is 249 g/mol. The average molecular weight is 249 g/mol. The van der Waals surface area contributed by atoms with Gasteiger partial charge in [0.15, 0.2) is 0 Å². The Hall–Kier alpha value is -1.24. The number of carbonyl (C=O) groups is 3. The van der Waals surface area contributed by atoms with Crippen LogP contribution in [-0.2, 0) is 14.3 Å². The standard InChI is InChI=1S/C9H15NO5S/c1-3-15-9(14)10-7(11)5-16-4-6(2)8(12)13/h6H,3-5H2,1-2H3,(H,12,13)(H,10,11,14). The Kier molecular flexibility index (Phi) is 7.36. The second-order valence-electron chi connectivity index (χ2n) is 3.02. The number of hydrogen-bond donors (Lipinski definition) is 2. The molecular formula is C9H15NO5S. The van der Waals surface area contributed by atoms with Crippen LogP contribution < -0.4 is 5.32 Å². The molecule has 0 aromatic rings. The number of nitrogens with one attached hydrogen (secondary N) is 1. The fourth-order valence-corrected chi connectivity index (χ4v) is 1.59. The molecule has 92 valence electrons. The van der Waals surface area contributed by atoms with E-state index in [0.29, 0.717) is 5.75 Å². The van der Waals surface area contributed by atoms with E-state index < -0.39 is 23.9 Å². The second-order valence-corrected chi connectivity index (χ2v) is 4.05. The summed E-state index contributed by atoms with van der Waals surface area (Å²) in [7, 11) is 0. The number of amides is 2. The molecule has 1 unspecified atom stereocenters. The predicted octanol–water partition coefficient (Wildman–Crippen LogP) is 0.713. The van der Waals surface area contributed by atoms with E-state index in [4.69, 9.17) is 5.11 Å². The van der Waals surface area contributed by atoms with Crippen molar-refractivity contribution in [3.63, 3.8) is 0 Å². The quantitative estimate of drug-likeness (QED) is 0.720. The highest BCUT2D eigenvalue weighted by molar-refractivity contribution is 7.99. The Balaban J connectivity index is 3.66. The van der Waals surface area contributed by atoms with Gasteiger partial charge >= 0.3 is 12.1 Å². The minimum Gasteiger partial charge on any atom is -0.481 e. The highest BCUT2D eigenvalue weighted by Gasteiger charge is 2.13. The van der Waals surface area contributed by atoms with Crippen molar-refractivity contribution >= 4 is 29.7 Å². The smallest absolute Gasteiger partial charge is 0.413 e. The third-order valence-corrected chi connectivity index (χ3v) is 2.74. The number of carbonyl (C=O) groups excluding carboxylic acids is 2. The zero-order chi connectivity index (χ0) is 12.6. The molecule has 2 amide bonds. The molecule has 1 atom stereocenters. The van der Waals surface area contributed by atoms with Crippen LogP contribution in [0.5, 0.6) is 0 Å². The summed E-state index contributed by atoms with van der Waals surface area (Å²) in [6, 6.07) is 0. The van der Waals surface area contributed by atoms with Gasteiger partial charge in [-0.25, -0.2) is 4.79 Å². The average Bonchev–Trinajstić information content (AvgIpc) is 2.17. The van der Waals surface area contributed by atoms with E-state index in [1.54, 1.807) is 13.8 Å². The lowest BCUT2D eigenvalue weighted by atomic mass is 10.2. The van der Waals surface area contributed by atoms with Crippen LogP contribution in [0.25, 0.3) is 0 Å². The second kappa shape index (κ2) is 7.98. The topological polar surface area (TPSA) is 92.7 Å². The minimum absolute atomic E-state index is 0.0381. The molecular weight excluding hydrogens is 234 g/mol. The van der Waals surface area contributed by atoms with Crippen LogP contribution in [-0.4, -0.2) is 41.2 Å². The summed E-state index contributed by atoms with van der Waals surface area (Å²) in [6.07, 6.45) is -0.778. The minimum atomic E-state index is -0.904. The normalized spacial score (nSPS) is 11.6. The van der Waals surface area contributed by atoms with Crippen molar-refractivity contribution < 1.29 is 24.2 Å². The molecule has 16 heavy (non-hydrogen) atoms. The molecule has 0 bridgehead atoms.